The lowest BCUT2D eigenvalue weighted by Crippen LogP contribution is -2.44. The fraction of sp³-hybridized carbons (Fsp3) is 0.190. The van der Waals surface area contributed by atoms with Gasteiger partial charge in [0, 0.05) is 30.3 Å². The number of halogens is 2. The van der Waals surface area contributed by atoms with E-state index in [0.29, 0.717) is 18.1 Å². The molecule has 0 saturated carbocycles. The second kappa shape index (κ2) is 8.09. The van der Waals surface area contributed by atoms with Gasteiger partial charge in [0.15, 0.2) is 0 Å². The van der Waals surface area contributed by atoms with Crippen LogP contribution in [0.4, 0.5) is 0 Å². The Hall–Kier alpha value is -2.12. The highest BCUT2D eigenvalue weighted by atomic mass is 79.9. The van der Waals surface area contributed by atoms with Crippen molar-refractivity contribution in [3.8, 4) is 0 Å². The van der Waals surface area contributed by atoms with Crippen LogP contribution in [0.15, 0.2) is 69.9 Å². The third kappa shape index (κ3) is 3.73. The molecule has 0 aromatic heterocycles. The van der Waals surface area contributed by atoms with E-state index in [0.717, 1.165) is 45.1 Å². The molecule has 2 heterocycles. The first-order valence-electron chi connectivity index (χ1n) is 9.02. The molecule has 0 saturated heterocycles. The Labute approximate surface area is 178 Å². The van der Waals surface area contributed by atoms with Gasteiger partial charge in [0.25, 0.3) is 0 Å². The molecule has 0 bridgehead atoms. The molecule has 2 aromatic rings. The highest BCUT2D eigenvalue weighted by Gasteiger charge is 2.33. The van der Waals surface area contributed by atoms with Gasteiger partial charge in [-0.05, 0) is 17.2 Å². The molecule has 0 atom stereocenters. The fourth-order valence-corrected chi connectivity index (χ4v) is 4.15. The van der Waals surface area contributed by atoms with Crippen LogP contribution in [0, 0.1) is 0 Å². The Morgan fingerprint density at radius 1 is 1.14 bits per heavy atom. The molecule has 7 heteroatoms. The van der Waals surface area contributed by atoms with Gasteiger partial charge >= 0.3 is 0 Å². The largest absolute Gasteiger partial charge is 0.339 e. The lowest BCUT2D eigenvalue weighted by atomic mass is 10.1. The summed E-state index contributed by atoms with van der Waals surface area (Å²) in [4.78, 5) is 4.90. The van der Waals surface area contributed by atoms with Gasteiger partial charge in [-0.3, -0.25) is 4.99 Å². The zero-order valence-corrected chi connectivity index (χ0v) is 17.8. The number of benzene rings is 2. The minimum atomic E-state index is 0.547. The normalized spacial score (nSPS) is 18.4. The maximum atomic E-state index is 6.43. The minimum Gasteiger partial charge on any atom is -0.339 e. The summed E-state index contributed by atoms with van der Waals surface area (Å²) in [5.41, 5.74) is 9.83. The summed E-state index contributed by atoms with van der Waals surface area (Å²) in [6, 6.07) is 16.1. The molecule has 3 N–H and O–H groups in total. The van der Waals surface area contributed by atoms with Crippen molar-refractivity contribution in [2.75, 3.05) is 13.6 Å². The number of hydrazine groups is 1. The smallest absolute Gasteiger partial charge is 0.146 e. The first-order chi connectivity index (χ1) is 13.6. The maximum absolute atomic E-state index is 6.43. The molecule has 4 rings (SSSR count). The second-order valence-corrected chi connectivity index (χ2v) is 8.10. The van der Waals surface area contributed by atoms with Crippen molar-refractivity contribution in [1.29, 1.82) is 0 Å². The van der Waals surface area contributed by atoms with Crippen LogP contribution in [-0.2, 0) is 13.1 Å². The third-order valence-electron chi connectivity index (χ3n) is 4.77. The van der Waals surface area contributed by atoms with Crippen LogP contribution in [0.3, 0.4) is 0 Å². The molecule has 28 heavy (non-hydrogen) atoms. The van der Waals surface area contributed by atoms with E-state index in [1.54, 1.807) is 0 Å². The first kappa shape index (κ1) is 19.2. The summed E-state index contributed by atoms with van der Waals surface area (Å²) in [6.45, 7) is 1.91. The molecule has 144 valence electrons. The molecule has 0 amide bonds. The number of hydrogen-bond acceptors (Lipinski definition) is 4. The number of nitrogens with two attached hydrogens (primary N) is 1. The van der Waals surface area contributed by atoms with Crippen molar-refractivity contribution in [3.63, 3.8) is 0 Å². The molecule has 0 radical (unpaired) electrons. The molecular weight excluding hydrogens is 438 g/mol. The number of nitrogens with one attached hydrogen (secondary N) is 1. The monoisotopic (exact) mass is 457 g/mol. The summed E-state index contributed by atoms with van der Waals surface area (Å²) >= 11 is 10.1. The van der Waals surface area contributed by atoms with E-state index < -0.39 is 0 Å². The van der Waals surface area contributed by atoms with Crippen molar-refractivity contribution < 1.29 is 0 Å². The molecule has 0 unspecified atom stereocenters. The van der Waals surface area contributed by atoms with Crippen LogP contribution in [-0.4, -0.2) is 29.4 Å². The zero-order chi connectivity index (χ0) is 19.7. The Morgan fingerprint density at radius 2 is 1.86 bits per heavy atom. The number of rotatable bonds is 4. The van der Waals surface area contributed by atoms with E-state index >= 15 is 0 Å². The first-order valence-corrected chi connectivity index (χ1v) is 10.2. The van der Waals surface area contributed by atoms with Gasteiger partial charge < -0.3 is 11.1 Å². The predicted octanol–water partition coefficient (Wildman–Crippen LogP) is 4.07. The van der Waals surface area contributed by atoms with Crippen LogP contribution in [0.5, 0.6) is 0 Å². The van der Waals surface area contributed by atoms with Crippen molar-refractivity contribution >= 4 is 39.1 Å². The summed E-state index contributed by atoms with van der Waals surface area (Å²) in [7, 11) is 2.04. The second-order valence-electron chi connectivity index (χ2n) is 6.74. The van der Waals surface area contributed by atoms with E-state index in [4.69, 9.17) is 22.3 Å². The highest BCUT2D eigenvalue weighted by molar-refractivity contribution is 9.11. The van der Waals surface area contributed by atoms with Crippen LogP contribution >= 0.6 is 27.5 Å². The zero-order valence-electron chi connectivity index (χ0n) is 15.5. The lowest BCUT2D eigenvalue weighted by molar-refractivity contribution is 0.149. The van der Waals surface area contributed by atoms with Gasteiger partial charge in [-0.15, -0.1) is 0 Å². The lowest BCUT2D eigenvalue weighted by Gasteiger charge is -2.33. The number of likely N-dealkylation sites (N-methyl/N-ethyl adjacent to an activating group) is 1. The van der Waals surface area contributed by atoms with Crippen LogP contribution in [0.1, 0.15) is 16.7 Å². The summed E-state index contributed by atoms with van der Waals surface area (Å²) in [5.74, 6) is 1.83. The van der Waals surface area contributed by atoms with Crippen LogP contribution in [0.2, 0.25) is 5.02 Å². The number of amidine groups is 1. The average molecular weight is 459 g/mol. The standard InChI is InChI=1S/C21H21BrClN5/c1-27-13-17(22)21-26-19(16-4-2-3-5-18(16)23)10-20(28(21)27)25-12-15-8-6-14(11-24)7-9-15/h2-10,26H,11-13,24H2,1H3. The van der Waals surface area contributed by atoms with Gasteiger partial charge in [0.2, 0.25) is 0 Å². The van der Waals surface area contributed by atoms with Crippen molar-refractivity contribution in [2.45, 2.75) is 13.1 Å². The van der Waals surface area contributed by atoms with Gasteiger partial charge in [-0.2, -0.15) is 0 Å². The molecule has 0 aliphatic carbocycles. The van der Waals surface area contributed by atoms with Gasteiger partial charge in [-0.25, -0.2) is 10.0 Å². The van der Waals surface area contributed by atoms with Crippen molar-refractivity contribution in [1.82, 2.24) is 15.3 Å². The number of aliphatic imine (C=N–C) groups is 1. The Morgan fingerprint density at radius 3 is 2.57 bits per heavy atom. The molecule has 5 nitrogen and oxygen atoms in total. The van der Waals surface area contributed by atoms with Crippen LogP contribution in [0.25, 0.3) is 5.70 Å². The molecule has 2 aromatic carbocycles. The summed E-state index contributed by atoms with van der Waals surface area (Å²) in [6.07, 6.45) is 2.04. The predicted molar refractivity (Wildman–Crippen MR) is 118 cm³/mol. The maximum Gasteiger partial charge on any atom is 0.146 e. The molecular formula is C21H21BrClN5. The fourth-order valence-electron chi connectivity index (χ4n) is 3.29. The van der Waals surface area contributed by atoms with Crippen molar-refractivity contribution in [3.05, 3.63) is 86.6 Å². The van der Waals surface area contributed by atoms with Gasteiger partial charge in [0.05, 0.1) is 23.3 Å². The Balaban J connectivity index is 1.71. The quantitative estimate of drug-likeness (QED) is 0.725. The summed E-state index contributed by atoms with van der Waals surface area (Å²) < 4.78 is 1.08. The highest BCUT2D eigenvalue weighted by Crippen LogP contribution is 2.33. The Bertz CT molecular complexity index is 981. The van der Waals surface area contributed by atoms with Crippen LogP contribution < -0.4 is 11.1 Å². The number of hydrogen-bond donors (Lipinski definition) is 2. The van der Waals surface area contributed by atoms with E-state index in [1.165, 1.54) is 0 Å². The van der Waals surface area contributed by atoms with Crippen molar-refractivity contribution in [2.24, 2.45) is 10.7 Å². The topological polar surface area (TPSA) is 56.9 Å². The molecule has 2 aliphatic heterocycles. The van der Waals surface area contributed by atoms with E-state index in [1.807, 2.05) is 49.5 Å². The van der Waals surface area contributed by atoms with E-state index in [9.17, 15) is 0 Å². The molecule has 0 spiro atoms. The average Bonchev–Trinajstić information content (AvgIpc) is 3.00. The van der Waals surface area contributed by atoms with Gasteiger partial charge in [-0.1, -0.05) is 70.0 Å². The number of nitrogens with zero attached hydrogens (tertiary/aromatic N) is 3. The van der Waals surface area contributed by atoms with E-state index in [2.05, 4.69) is 43.4 Å². The molecule has 2 aliphatic rings. The number of fused-ring (bicyclic) bond motifs is 1. The SMILES string of the molecule is CN1CC(Br)=C2NC(c3ccccc3Cl)=CC(=NCc3ccc(CN)cc3)N21. The third-order valence-corrected chi connectivity index (χ3v) is 5.72. The van der Waals surface area contributed by atoms with Gasteiger partial charge in [0.1, 0.15) is 11.7 Å². The minimum absolute atomic E-state index is 0.547. The van der Waals surface area contributed by atoms with E-state index in [-0.39, 0.29) is 0 Å². The molecule has 0 fully saturated rings. The Kier molecular flexibility index (Phi) is 5.55. The summed E-state index contributed by atoms with van der Waals surface area (Å²) in [5, 5.41) is 8.39.